The number of carbonyl (C=O) groups excluding carboxylic acids is 5. The summed E-state index contributed by atoms with van der Waals surface area (Å²) in [6.45, 7) is 2.65. The van der Waals surface area contributed by atoms with Gasteiger partial charge in [0, 0.05) is 102 Å². The molecule has 7 heterocycles. The first-order valence-electron chi connectivity index (χ1n) is 26.7. The lowest BCUT2D eigenvalue weighted by molar-refractivity contribution is -0.378. The van der Waals surface area contributed by atoms with Crippen LogP contribution >= 0.6 is 15.9 Å². The topological polar surface area (TPSA) is 259 Å². The Morgan fingerprint density at radius 1 is 0.506 bits per heavy atom. The molecule has 13 rings (SSSR count). The molecule has 0 saturated heterocycles. The molecule has 87 heavy (non-hydrogen) atoms. The maximum atomic E-state index is 12.3. The lowest BCUT2D eigenvalue weighted by atomic mass is 9.80. The van der Waals surface area contributed by atoms with Crippen LogP contribution in [0.25, 0.3) is 55.8 Å². The second-order valence-electron chi connectivity index (χ2n) is 18.6. The molecule has 17 nitrogen and oxygen atoms in total. The zero-order chi connectivity index (χ0) is 59.8. The largest absolute Gasteiger partial charge is 1.00 e. The van der Waals surface area contributed by atoms with Crippen molar-refractivity contribution >= 4 is 81.6 Å². The first kappa shape index (κ1) is 65.8. The zero-order valence-electron chi connectivity index (χ0n) is 46.1. The van der Waals surface area contributed by atoms with Crippen molar-refractivity contribution in [1.82, 2.24) is 35.1 Å². The number of hydrogen-bond donors (Lipinski definition) is 6. The van der Waals surface area contributed by atoms with Crippen LogP contribution in [0.1, 0.15) is 59.2 Å². The van der Waals surface area contributed by atoms with Crippen LogP contribution in [0, 0.1) is 0 Å². The van der Waals surface area contributed by atoms with E-state index in [9.17, 15) is 24.0 Å². The van der Waals surface area contributed by atoms with Gasteiger partial charge in [-0.05, 0) is 99.5 Å². The van der Waals surface area contributed by atoms with Gasteiger partial charge in [0.05, 0.1) is 33.5 Å². The van der Waals surface area contributed by atoms with E-state index in [0.29, 0.717) is 71.4 Å². The molecular weight excluding hydrogens is 1180 g/mol. The van der Waals surface area contributed by atoms with Crippen LogP contribution in [0.2, 0.25) is 0 Å². The summed E-state index contributed by atoms with van der Waals surface area (Å²) < 4.78 is 3.25. The van der Waals surface area contributed by atoms with Crippen LogP contribution in [0.15, 0.2) is 236 Å². The van der Waals surface area contributed by atoms with Gasteiger partial charge >= 0.3 is 7.12 Å². The first-order chi connectivity index (χ1) is 41.5. The highest BCUT2D eigenvalue weighted by atomic mass is 79.9. The van der Waals surface area contributed by atoms with Gasteiger partial charge in [0.2, 0.25) is 0 Å². The number of aromatic amines is 1. The van der Waals surface area contributed by atoms with Gasteiger partial charge in [0.25, 0.3) is 11.8 Å². The number of carbonyl (C=O) groups is 5. The summed E-state index contributed by atoms with van der Waals surface area (Å²) in [5.74, 6) is 0.798. The molecule has 0 unspecified atom stereocenters. The first-order valence-corrected chi connectivity index (χ1v) is 27.5. The Morgan fingerprint density at radius 3 is 1.37 bits per heavy atom. The van der Waals surface area contributed by atoms with Gasteiger partial charge in [0.1, 0.15) is 24.7 Å². The predicted molar refractivity (Wildman–Crippen MR) is 342 cm³/mol. The SMILES string of the molecule is Brc1cc[nH+]cc1.C.Nc1cccc2c1NCCNC2=O.O=C1NCCn2c(-c3ccc(-c4ccncc4)cc3)nc3cccc1c32.O=Cc1ccc(-c2ccncc2)cc1.O=Cc1ccc(-c2ccncc2)cc1.O=Cc1ccc(B(O)O)cc1.[Cl-]. The number of benzene rings is 6. The molecule has 2 amide bonds. The monoisotopic (exact) mass is 1240 g/mol. The van der Waals surface area contributed by atoms with Crippen molar-refractivity contribution in [3.05, 3.63) is 264 Å². The Hall–Kier alpha value is -10.3. The van der Waals surface area contributed by atoms with E-state index in [1.807, 2.05) is 128 Å². The number of nitrogens with zero attached hydrogens (tertiary/aromatic N) is 5. The highest BCUT2D eigenvalue weighted by molar-refractivity contribution is 9.10. The lowest BCUT2D eigenvalue weighted by Gasteiger charge is -2.08. The predicted octanol–water partition coefficient (Wildman–Crippen LogP) is 7.14. The molecule has 11 aromatic rings. The summed E-state index contributed by atoms with van der Waals surface area (Å²) in [7, 11) is -1.46. The maximum Gasteiger partial charge on any atom is 0.488 e. The number of nitrogens with two attached hydrogens (primary N) is 1. The Balaban J connectivity index is 0.000000174. The minimum atomic E-state index is -1.46. The van der Waals surface area contributed by atoms with Crippen LogP contribution in [-0.4, -0.2) is 92.0 Å². The van der Waals surface area contributed by atoms with Crippen molar-refractivity contribution in [2.75, 3.05) is 30.7 Å². The zero-order valence-corrected chi connectivity index (χ0v) is 48.4. The van der Waals surface area contributed by atoms with Gasteiger partial charge in [-0.1, -0.05) is 133 Å². The van der Waals surface area contributed by atoms with Crippen molar-refractivity contribution < 1.29 is 51.4 Å². The average molecular weight is 1240 g/mol. The van der Waals surface area contributed by atoms with Crippen LogP contribution in [-0.2, 0) is 6.54 Å². The average Bonchev–Trinajstić information content (AvgIpc) is 1.78. The number of hydrogen-bond acceptors (Lipinski definition) is 13. The second-order valence-corrected chi connectivity index (χ2v) is 19.5. The molecule has 2 aliphatic rings. The molecule has 0 aliphatic carbocycles. The standard InChI is InChI=1S/C21H16N4O.2C12H9NO.C9H11N3O.C7H7BO3.C5H4BrN.CH4.ClH/c26-21-17-2-1-3-18-19(17)25(13-12-23-21)20(24-18)16-6-4-14(5-7-16)15-8-10-22-11-9-15;2*14-9-10-1-3-11(4-2-10)12-5-7-13-8-6-12;10-7-3-1-2-6-8(7)11-4-5-12-9(6)13;9-5-6-1-3-7(4-2-6)8(10)11;6-5-1-3-7-4-2-5;;/h1-11H,12-13H2,(H,23,26);2*1-9H;1-3,11H,4-5,10H2,(H,12,13);1-5,10-11H;1-4H;1H4;1H. The smallest absolute Gasteiger partial charge is 0.488 e. The Bertz CT molecular complexity index is 3870. The third-order valence-electron chi connectivity index (χ3n) is 13.0. The van der Waals surface area contributed by atoms with E-state index in [2.05, 4.69) is 80.6 Å². The minimum absolute atomic E-state index is 0. The Kier molecular flexibility index (Phi) is 25.6. The molecule has 20 heteroatoms. The quantitative estimate of drug-likeness (QED) is 0.0503. The summed E-state index contributed by atoms with van der Waals surface area (Å²) in [4.78, 5) is 74.5. The fraction of sp³-hybridized carbons (Fsp3) is 0.0746. The molecule has 2 aliphatic heterocycles. The van der Waals surface area contributed by atoms with E-state index in [1.165, 1.54) is 24.3 Å². The molecule has 0 atom stereocenters. The molecule has 5 aromatic heterocycles. The Morgan fingerprint density at radius 2 is 0.908 bits per heavy atom. The summed E-state index contributed by atoms with van der Waals surface area (Å²) in [6, 6.07) is 56.0. The summed E-state index contributed by atoms with van der Waals surface area (Å²) in [6.07, 6.45) is 16.7. The number of aldehydes is 3. The lowest BCUT2D eigenvalue weighted by Crippen LogP contribution is -3.00. The van der Waals surface area contributed by atoms with Crippen LogP contribution in [0.4, 0.5) is 11.4 Å². The number of H-pyrrole nitrogens is 1. The van der Waals surface area contributed by atoms with Gasteiger partial charge in [-0.3, -0.25) is 38.9 Å². The van der Waals surface area contributed by atoms with E-state index in [4.69, 9.17) is 20.8 Å². The van der Waals surface area contributed by atoms with Crippen molar-refractivity contribution in [3.8, 4) is 44.8 Å². The number of halogens is 2. The molecule has 0 radical (unpaired) electrons. The number of aromatic nitrogens is 6. The van der Waals surface area contributed by atoms with Crippen LogP contribution < -0.4 is 44.5 Å². The molecule has 8 N–H and O–H groups in total. The Labute approximate surface area is 518 Å². The number of nitrogen functional groups attached to an aromatic ring is 1. The summed E-state index contributed by atoms with van der Waals surface area (Å²) in [5, 5.41) is 26.1. The van der Waals surface area contributed by atoms with E-state index >= 15 is 0 Å². The molecule has 6 aromatic carbocycles. The van der Waals surface area contributed by atoms with E-state index in [-0.39, 0.29) is 31.6 Å². The fourth-order valence-electron chi connectivity index (χ4n) is 8.67. The van der Waals surface area contributed by atoms with Gasteiger partial charge in [0.15, 0.2) is 12.4 Å². The van der Waals surface area contributed by atoms with Gasteiger partial charge < -0.3 is 48.7 Å². The van der Waals surface area contributed by atoms with Crippen molar-refractivity contribution in [2.24, 2.45) is 0 Å². The second kappa shape index (κ2) is 33.9. The molecule has 0 fully saturated rings. The molecule has 0 spiro atoms. The van der Waals surface area contributed by atoms with Crippen LogP contribution in [0.5, 0.6) is 0 Å². The van der Waals surface area contributed by atoms with E-state index < -0.39 is 7.12 Å². The highest BCUT2D eigenvalue weighted by Gasteiger charge is 2.22. The van der Waals surface area contributed by atoms with E-state index in [0.717, 1.165) is 78.5 Å². The number of para-hydroxylation sites is 2. The number of pyridine rings is 4. The molecule has 0 bridgehead atoms. The highest BCUT2D eigenvalue weighted by Crippen LogP contribution is 2.30. The summed E-state index contributed by atoms with van der Waals surface area (Å²) >= 11 is 3.29. The van der Waals surface area contributed by atoms with Gasteiger partial charge in [-0.25, -0.2) is 9.97 Å². The van der Waals surface area contributed by atoms with Crippen LogP contribution in [0.3, 0.4) is 0 Å². The van der Waals surface area contributed by atoms with Crippen molar-refractivity contribution in [2.45, 2.75) is 14.0 Å². The van der Waals surface area contributed by atoms with Gasteiger partial charge in [-0.2, -0.15) is 0 Å². The number of amides is 2. The normalized spacial score (nSPS) is 11.3. The molecule has 438 valence electrons. The number of anilines is 2. The van der Waals surface area contributed by atoms with Crippen molar-refractivity contribution in [3.63, 3.8) is 0 Å². The number of imidazole rings is 1. The van der Waals surface area contributed by atoms with E-state index in [1.54, 1.807) is 55.4 Å². The number of fused-ring (bicyclic) bond motifs is 1. The summed E-state index contributed by atoms with van der Waals surface area (Å²) in [5.41, 5.74) is 20.2. The molecule has 0 saturated carbocycles. The third-order valence-corrected chi connectivity index (χ3v) is 13.5. The third kappa shape index (κ3) is 18.6. The van der Waals surface area contributed by atoms with Gasteiger partial charge in [-0.15, -0.1) is 0 Å². The fourth-order valence-corrected chi connectivity index (χ4v) is 8.93. The number of nitrogens with one attached hydrogen (secondary N) is 4. The molecular formula is C67H61BBrClN10O7. The number of rotatable bonds is 8. The maximum absolute atomic E-state index is 12.3. The van der Waals surface area contributed by atoms with Crippen molar-refractivity contribution in [1.29, 1.82) is 0 Å². The minimum Gasteiger partial charge on any atom is -1.00 e.